The molecule has 0 spiro atoms. The third-order valence-corrected chi connectivity index (χ3v) is 4.51. The molecule has 0 aromatic heterocycles. The maximum absolute atomic E-state index is 11.7. The Morgan fingerprint density at radius 1 is 1.36 bits per heavy atom. The van der Waals surface area contributed by atoms with Crippen molar-refractivity contribution in [1.29, 1.82) is 0 Å². The number of hydrogen-bond donors (Lipinski definition) is 0. The molecule has 1 aliphatic carbocycles. The largest absolute Gasteiger partial charge is 0.451 e. The molecule has 3 heteroatoms. The third kappa shape index (κ3) is 0.877. The van der Waals surface area contributed by atoms with E-state index in [1.54, 1.807) is 0 Å². The van der Waals surface area contributed by atoms with Crippen LogP contribution in [0.3, 0.4) is 0 Å². The van der Waals surface area contributed by atoms with Gasteiger partial charge in [0.1, 0.15) is 0 Å². The molecule has 4 unspecified atom stereocenters. The molecule has 2 saturated heterocycles. The Morgan fingerprint density at radius 2 is 2.00 bits per heavy atom. The molecular weight excluding hydrogens is 180 g/mol. The van der Waals surface area contributed by atoms with Gasteiger partial charge in [-0.15, -0.1) is 0 Å². The van der Waals surface area contributed by atoms with Crippen LogP contribution in [0.2, 0.25) is 0 Å². The highest BCUT2D eigenvalue weighted by Gasteiger charge is 2.61. The van der Waals surface area contributed by atoms with Crippen molar-refractivity contribution in [2.75, 3.05) is 0 Å². The molecule has 3 rings (SSSR count). The second-order valence-corrected chi connectivity index (χ2v) is 4.96. The molecule has 0 amide bonds. The number of rotatable bonds is 1. The summed E-state index contributed by atoms with van der Waals surface area (Å²) in [6.07, 6.45) is 2.28. The minimum Gasteiger partial charge on any atom is -0.451 e. The first-order chi connectivity index (χ1) is 6.46. The Hall–Kier alpha value is -0.860. The molecule has 3 aliphatic rings. The summed E-state index contributed by atoms with van der Waals surface area (Å²) in [6.45, 7) is 6.00. The van der Waals surface area contributed by atoms with Gasteiger partial charge in [0.15, 0.2) is 11.9 Å². The third-order valence-electron chi connectivity index (χ3n) is 4.51. The molecule has 0 aromatic carbocycles. The smallest absolute Gasteiger partial charge is 0.313 e. The maximum atomic E-state index is 11.7. The highest BCUT2D eigenvalue weighted by Crippen LogP contribution is 2.54. The number of esters is 1. The average Bonchev–Trinajstić information content (AvgIpc) is 2.18. The van der Waals surface area contributed by atoms with Gasteiger partial charge in [-0.3, -0.25) is 9.59 Å². The highest BCUT2D eigenvalue weighted by molar-refractivity contribution is 5.83. The van der Waals surface area contributed by atoms with E-state index in [2.05, 4.69) is 0 Å². The van der Waals surface area contributed by atoms with E-state index in [0.29, 0.717) is 6.42 Å². The minimum absolute atomic E-state index is 0.136. The van der Waals surface area contributed by atoms with Crippen LogP contribution in [0.4, 0.5) is 0 Å². The van der Waals surface area contributed by atoms with Gasteiger partial charge in [-0.1, -0.05) is 13.8 Å². The molecule has 78 valence electrons. The zero-order valence-corrected chi connectivity index (χ0v) is 8.87. The molecule has 2 heterocycles. The number of fused-ring (bicyclic) bond motifs is 3. The molecule has 1 saturated carbocycles. The molecular formula is C11H16O3. The minimum atomic E-state index is -0.825. The first-order valence-electron chi connectivity index (χ1n) is 5.16. The van der Waals surface area contributed by atoms with Crippen LogP contribution in [0.1, 0.15) is 33.6 Å². The molecule has 14 heavy (non-hydrogen) atoms. The van der Waals surface area contributed by atoms with Crippen molar-refractivity contribution in [3.8, 4) is 0 Å². The fourth-order valence-corrected chi connectivity index (χ4v) is 2.80. The van der Waals surface area contributed by atoms with Crippen molar-refractivity contribution in [2.45, 2.75) is 39.2 Å². The summed E-state index contributed by atoms with van der Waals surface area (Å²) in [6, 6.07) is 0. The Kier molecular flexibility index (Phi) is 1.79. The van der Waals surface area contributed by atoms with Gasteiger partial charge in [0, 0.05) is 5.92 Å². The summed E-state index contributed by atoms with van der Waals surface area (Å²) < 4.78 is 5.30. The molecule has 3 nitrogen and oxygen atoms in total. The van der Waals surface area contributed by atoms with Crippen LogP contribution in [-0.4, -0.2) is 17.9 Å². The highest BCUT2D eigenvalue weighted by atomic mass is 16.6. The molecule has 3 fully saturated rings. The Bertz CT molecular complexity index is 297. The number of carbonyl (C=O) groups excluding carboxylic acids is 2. The monoisotopic (exact) mass is 196 g/mol. The summed E-state index contributed by atoms with van der Waals surface area (Å²) >= 11 is 0. The van der Waals surface area contributed by atoms with E-state index in [1.165, 1.54) is 0 Å². The van der Waals surface area contributed by atoms with E-state index in [4.69, 9.17) is 4.74 Å². The zero-order chi connectivity index (χ0) is 10.6. The quantitative estimate of drug-likeness (QED) is 0.472. The standard InChI is InChI=1S/C11H16O3/c1-7-8(2)11(6-12)5-4-10(7,3)9(13)14-11/h6-8H,4-5H2,1-3H3. The summed E-state index contributed by atoms with van der Waals surface area (Å²) in [4.78, 5) is 22.8. The van der Waals surface area contributed by atoms with Gasteiger partial charge >= 0.3 is 5.97 Å². The van der Waals surface area contributed by atoms with E-state index in [0.717, 1.165) is 12.7 Å². The first kappa shape index (κ1) is 9.69. The number of ether oxygens (including phenoxy) is 1. The van der Waals surface area contributed by atoms with Crippen LogP contribution >= 0.6 is 0 Å². The van der Waals surface area contributed by atoms with Crippen LogP contribution in [0.25, 0.3) is 0 Å². The Balaban J connectivity index is 2.45. The van der Waals surface area contributed by atoms with Crippen LogP contribution in [-0.2, 0) is 14.3 Å². The van der Waals surface area contributed by atoms with Crippen molar-refractivity contribution in [3.05, 3.63) is 0 Å². The van der Waals surface area contributed by atoms with E-state index in [1.807, 2.05) is 20.8 Å². The van der Waals surface area contributed by atoms with Gasteiger partial charge in [0.2, 0.25) is 0 Å². The first-order valence-corrected chi connectivity index (χ1v) is 5.16. The summed E-state index contributed by atoms with van der Waals surface area (Å²) in [7, 11) is 0. The number of carbonyl (C=O) groups is 2. The summed E-state index contributed by atoms with van der Waals surface area (Å²) in [5.41, 5.74) is -1.20. The van der Waals surface area contributed by atoms with Gasteiger partial charge in [-0.25, -0.2) is 0 Å². The predicted octanol–water partition coefficient (Wildman–Crippen LogP) is 1.55. The van der Waals surface area contributed by atoms with E-state index in [9.17, 15) is 9.59 Å². The summed E-state index contributed by atoms with van der Waals surface area (Å²) in [5.74, 6) is 0.167. The van der Waals surface area contributed by atoms with Gasteiger partial charge in [-0.05, 0) is 25.7 Å². The normalized spacial score (nSPS) is 51.5. The molecule has 2 aliphatic heterocycles. The van der Waals surface area contributed by atoms with E-state index < -0.39 is 5.60 Å². The van der Waals surface area contributed by atoms with Crippen LogP contribution in [0, 0.1) is 17.3 Å². The van der Waals surface area contributed by atoms with Gasteiger partial charge < -0.3 is 4.74 Å². The lowest BCUT2D eigenvalue weighted by Gasteiger charge is -2.55. The summed E-state index contributed by atoms with van der Waals surface area (Å²) in [5, 5.41) is 0. The van der Waals surface area contributed by atoms with E-state index in [-0.39, 0.29) is 23.2 Å². The predicted molar refractivity (Wildman–Crippen MR) is 50.6 cm³/mol. The Labute approximate surface area is 83.8 Å². The number of hydrogen-bond acceptors (Lipinski definition) is 3. The maximum Gasteiger partial charge on any atom is 0.313 e. The molecule has 0 N–H and O–H groups in total. The molecule has 0 aromatic rings. The zero-order valence-electron chi connectivity index (χ0n) is 8.87. The topological polar surface area (TPSA) is 43.4 Å². The second kappa shape index (κ2) is 2.59. The molecule has 2 bridgehead atoms. The SMILES string of the molecule is CC1C(C)C2(C)CCC1(C=O)OC2=O. The molecule has 4 atom stereocenters. The van der Waals surface area contributed by atoms with Gasteiger partial charge in [0.25, 0.3) is 0 Å². The fraction of sp³-hybridized carbons (Fsp3) is 0.818. The molecule has 0 radical (unpaired) electrons. The van der Waals surface area contributed by atoms with Crippen LogP contribution in [0.5, 0.6) is 0 Å². The van der Waals surface area contributed by atoms with Crippen LogP contribution < -0.4 is 0 Å². The van der Waals surface area contributed by atoms with Crippen molar-refractivity contribution in [3.63, 3.8) is 0 Å². The van der Waals surface area contributed by atoms with Crippen LogP contribution in [0.15, 0.2) is 0 Å². The van der Waals surface area contributed by atoms with Gasteiger partial charge in [0.05, 0.1) is 5.41 Å². The fourth-order valence-electron chi connectivity index (χ4n) is 2.80. The number of aldehydes is 1. The lowest BCUT2D eigenvalue weighted by Crippen LogP contribution is -2.63. The van der Waals surface area contributed by atoms with Crippen molar-refractivity contribution < 1.29 is 14.3 Å². The van der Waals surface area contributed by atoms with Gasteiger partial charge in [-0.2, -0.15) is 0 Å². The van der Waals surface area contributed by atoms with Crippen molar-refractivity contribution in [1.82, 2.24) is 0 Å². The van der Waals surface area contributed by atoms with Crippen molar-refractivity contribution >= 4 is 12.3 Å². The van der Waals surface area contributed by atoms with E-state index >= 15 is 0 Å². The second-order valence-electron chi connectivity index (χ2n) is 4.96. The lowest BCUT2D eigenvalue weighted by molar-refractivity contribution is -0.221. The average molecular weight is 196 g/mol. The van der Waals surface area contributed by atoms with Crippen molar-refractivity contribution in [2.24, 2.45) is 17.3 Å². The Morgan fingerprint density at radius 3 is 2.50 bits per heavy atom. The lowest BCUT2D eigenvalue weighted by atomic mass is 9.56.